The summed E-state index contributed by atoms with van der Waals surface area (Å²) < 4.78 is 4.84. The van der Waals surface area contributed by atoms with Gasteiger partial charge < -0.3 is 20.9 Å². The Labute approximate surface area is 95.1 Å². The zero-order valence-corrected chi connectivity index (χ0v) is 9.78. The highest BCUT2D eigenvalue weighted by Gasteiger charge is 2.37. The Hall–Kier alpha value is -1.14. The predicted octanol–water partition coefficient (Wildman–Crippen LogP) is -0.497. The highest BCUT2D eigenvalue weighted by molar-refractivity contribution is 5.87. The minimum absolute atomic E-state index is 0.0314. The first-order valence-corrected chi connectivity index (χ1v) is 5.40. The number of aliphatic hydroxyl groups is 1. The largest absolute Gasteiger partial charge is 0.462 e. The number of nitrogens with two attached hydrogens (primary N) is 1. The molecule has 0 heterocycles. The van der Waals surface area contributed by atoms with Crippen LogP contribution in [0.4, 0.5) is 0 Å². The third-order valence-electron chi connectivity index (χ3n) is 2.11. The predicted molar refractivity (Wildman–Crippen MR) is 58.3 cm³/mol. The fourth-order valence-electron chi connectivity index (χ4n) is 0.994. The van der Waals surface area contributed by atoms with E-state index in [1.807, 2.05) is 6.92 Å². The second-order valence-corrected chi connectivity index (χ2v) is 3.46. The van der Waals surface area contributed by atoms with Gasteiger partial charge in [-0.05, 0) is 6.42 Å². The number of esters is 1. The first-order chi connectivity index (χ1) is 7.50. The Kier molecular flexibility index (Phi) is 6.67. The van der Waals surface area contributed by atoms with Gasteiger partial charge in [-0.15, -0.1) is 0 Å². The van der Waals surface area contributed by atoms with Crippen molar-refractivity contribution in [2.45, 2.75) is 38.8 Å². The molecule has 1 atom stereocenters. The molecule has 0 aromatic heterocycles. The van der Waals surface area contributed by atoms with Gasteiger partial charge in [-0.3, -0.25) is 4.79 Å². The summed E-state index contributed by atoms with van der Waals surface area (Å²) in [6.07, 6.45) is 1.63. The first-order valence-electron chi connectivity index (χ1n) is 5.40. The molecule has 0 bridgehead atoms. The number of rotatable bonds is 7. The molecule has 0 aliphatic carbocycles. The van der Waals surface area contributed by atoms with Crippen molar-refractivity contribution >= 4 is 11.9 Å². The van der Waals surface area contributed by atoms with E-state index in [1.54, 1.807) is 6.92 Å². The fraction of sp³-hybridized carbons (Fsp3) is 0.800. The lowest BCUT2D eigenvalue weighted by atomic mass is 10.1. The van der Waals surface area contributed by atoms with Gasteiger partial charge in [0.2, 0.25) is 11.6 Å². The minimum atomic E-state index is -1.97. The molecule has 0 aromatic carbocycles. The van der Waals surface area contributed by atoms with Crippen LogP contribution < -0.4 is 11.1 Å². The van der Waals surface area contributed by atoms with E-state index in [4.69, 9.17) is 10.5 Å². The molecule has 0 aliphatic rings. The molecular formula is C10H20N2O4. The average Bonchev–Trinajstić information content (AvgIpc) is 2.28. The van der Waals surface area contributed by atoms with Gasteiger partial charge in [0, 0.05) is 6.42 Å². The van der Waals surface area contributed by atoms with E-state index >= 15 is 0 Å². The molecule has 0 saturated carbocycles. The Balaban J connectivity index is 4.31. The van der Waals surface area contributed by atoms with Crippen molar-refractivity contribution < 1.29 is 19.4 Å². The second-order valence-electron chi connectivity index (χ2n) is 3.46. The molecule has 6 heteroatoms. The van der Waals surface area contributed by atoms with Gasteiger partial charge in [0.1, 0.15) is 0 Å². The number of unbranched alkanes of at least 4 members (excludes halogenated alkanes) is 1. The van der Waals surface area contributed by atoms with Gasteiger partial charge in [-0.1, -0.05) is 20.3 Å². The van der Waals surface area contributed by atoms with E-state index in [2.05, 4.69) is 5.32 Å². The molecule has 0 radical (unpaired) electrons. The van der Waals surface area contributed by atoms with Crippen LogP contribution in [0.1, 0.15) is 33.1 Å². The lowest BCUT2D eigenvalue weighted by molar-refractivity contribution is -0.172. The van der Waals surface area contributed by atoms with E-state index in [-0.39, 0.29) is 19.6 Å². The quantitative estimate of drug-likeness (QED) is 0.312. The summed E-state index contributed by atoms with van der Waals surface area (Å²) in [6, 6.07) is 0. The van der Waals surface area contributed by atoms with Gasteiger partial charge in [0.05, 0.1) is 13.2 Å². The highest BCUT2D eigenvalue weighted by Crippen LogP contribution is 2.08. The molecule has 1 amide bonds. The van der Waals surface area contributed by atoms with E-state index in [0.29, 0.717) is 0 Å². The number of nitrogens with one attached hydrogen (secondary N) is 1. The van der Waals surface area contributed by atoms with Crippen LogP contribution in [0.25, 0.3) is 0 Å². The average molecular weight is 232 g/mol. The topological polar surface area (TPSA) is 102 Å². The molecule has 6 nitrogen and oxygen atoms in total. The van der Waals surface area contributed by atoms with Crippen LogP contribution >= 0.6 is 0 Å². The van der Waals surface area contributed by atoms with Gasteiger partial charge in [0.15, 0.2) is 0 Å². The molecular weight excluding hydrogens is 212 g/mol. The Bertz CT molecular complexity index is 245. The lowest BCUT2D eigenvalue weighted by Gasteiger charge is -2.25. The zero-order chi connectivity index (χ0) is 12.6. The van der Waals surface area contributed by atoms with E-state index in [1.165, 1.54) is 0 Å². The maximum atomic E-state index is 11.5. The summed E-state index contributed by atoms with van der Waals surface area (Å²) in [5.41, 5.74) is 3.11. The molecule has 0 fully saturated rings. The SMILES string of the molecule is CCCCOC(=O)C(O)(CC)NC(=O)CN. The summed E-state index contributed by atoms with van der Waals surface area (Å²) in [6.45, 7) is 3.47. The lowest BCUT2D eigenvalue weighted by Crippen LogP contribution is -2.56. The van der Waals surface area contributed by atoms with Crippen LogP contribution in [0.2, 0.25) is 0 Å². The molecule has 0 aliphatic heterocycles. The molecule has 16 heavy (non-hydrogen) atoms. The number of hydrogen-bond donors (Lipinski definition) is 3. The van der Waals surface area contributed by atoms with E-state index in [0.717, 1.165) is 12.8 Å². The Morgan fingerprint density at radius 3 is 2.50 bits per heavy atom. The molecule has 1 unspecified atom stereocenters. The van der Waals surface area contributed by atoms with Crippen LogP contribution in [-0.4, -0.2) is 35.9 Å². The van der Waals surface area contributed by atoms with Crippen LogP contribution in [0.3, 0.4) is 0 Å². The Morgan fingerprint density at radius 1 is 1.44 bits per heavy atom. The van der Waals surface area contributed by atoms with Crippen molar-refractivity contribution in [1.82, 2.24) is 5.32 Å². The fourth-order valence-corrected chi connectivity index (χ4v) is 0.994. The number of ether oxygens (including phenoxy) is 1. The molecule has 0 rings (SSSR count). The third-order valence-corrected chi connectivity index (χ3v) is 2.11. The highest BCUT2D eigenvalue weighted by atomic mass is 16.6. The summed E-state index contributed by atoms with van der Waals surface area (Å²) in [7, 11) is 0. The maximum absolute atomic E-state index is 11.5. The first kappa shape index (κ1) is 14.9. The number of amides is 1. The van der Waals surface area contributed by atoms with Crippen LogP contribution in [0.15, 0.2) is 0 Å². The molecule has 94 valence electrons. The van der Waals surface area contributed by atoms with Crippen molar-refractivity contribution in [1.29, 1.82) is 0 Å². The van der Waals surface area contributed by atoms with Gasteiger partial charge in [0.25, 0.3) is 0 Å². The normalized spacial score (nSPS) is 14.0. The maximum Gasteiger partial charge on any atom is 0.359 e. The number of hydrogen-bond acceptors (Lipinski definition) is 5. The standard InChI is InChI=1S/C10H20N2O4/c1-3-5-6-16-9(14)10(15,4-2)12-8(13)7-11/h15H,3-7,11H2,1-2H3,(H,12,13). The summed E-state index contributed by atoms with van der Waals surface area (Å²) >= 11 is 0. The number of carbonyl (C=O) groups is 2. The van der Waals surface area contributed by atoms with Crippen LogP contribution in [0.5, 0.6) is 0 Å². The molecule has 0 aromatic rings. The van der Waals surface area contributed by atoms with Crippen LogP contribution in [0, 0.1) is 0 Å². The monoisotopic (exact) mass is 232 g/mol. The Morgan fingerprint density at radius 2 is 2.06 bits per heavy atom. The summed E-state index contributed by atoms with van der Waals surface area (Å²) in [5.74, 6) is -1.44. The van der Waals surface area contributed by atoms with Gasteiger partial charge in [-0.2, -0.15) is 0 Å². The van der Waals surface area contributed by atoms with Crippen molar-refractivity contribution in [3.05, 3.63) is 0 Å². The van der Waals surface area contributed by atoms with Crippen molar-refractivity contribution in [2.75, 3.05) is 13.2 Å². The number of carbonyl (C=O) groups excluding carboxylic acids is 2. The molecule has 0 saturated heterocycles. The van der Waals surface area contributed by atoms with Crippen molar-refractivity contribution in [3.63, 3.8) is 0 Å². The zero-order valence-electron chi connectivity index (χ0n) is 9.78. The van der Waals surface area contributed by atoms with E-state index < -0.39 is 17.6 Å². The molecule has 4 N–H and O–H groups in total. The summed E-state index contributed by atoms with van der Waals surface area (Å²) in [4.78, 5) is 22.5. The minimum Gasteiger partial charge on any atom is -0.462 e. The van der Waals surface area contributed by atoms with Gasteiger partial charge >= 0.3 is 5.97 Å². The van der Waals surface area contributed by atoms with Gasteiger partial charge in [-0.25, -0.2) is 4.79 Å². The smallest absolute Gasteiger partial charge is 0.359 e. The van der Waals surface area contributed by atoms with Crippen molar-refractivity contribution in [2.24, 2.45) is 5.73 Å². The summed E-state index contributed by atoms with van der Waals surface area (Å²) in [5, 5.41) is 12.0. The third kappa shape index (κ3) is 4.59. The van der Waals surface area contributed by atoms with E-state index in [9.17, 15) is 14.7 Å². The second kappa shape index (κ2) is 7.19. The van der Waals surface area contributed by atoms with Crippen molar-refractivity contribution in [3.8, 4) is 0 Å². The van der Waals surface area contributed by atoms with Crippen LogP contribution in [-0.2, 0) is 14.3 Å². The molecule has 0 spiro atoms.